The second kappa shape index (κ2) is 5.64. The Morgan fingerprint density at radius 2 is 2.07 bits per heavy atom. The van der Waals surface area contributed by atoms with Gasteiger partial charge in [-0.05, 0) is 13.8 Å². The van der Waals surface area contributed by atoms with Crippen LogP contribution in [-0.4, -0.2) is 22.7 Å². The summed E-state index contributed by atoms with van der Waals surface area (Å²) in [5.41, 5.74) is 3.60. The van der Waals surface area contributed by atoms with Gasteiger partial charge < -0.3 is 4.74 Å². The first kappa shape index (κ1) is 11.0. The zero-order valence-corrected chi connectivity index (χ0v) is 8.47. The Balaban J connectivity index is 2.54. The van der Waals surface area contributed by atoms with Crippen molar-refractivity contribution in [3.8, 4) is 0 Å². The summed E-state index contributed by atoms with van der Waals surface area (Å²) in [7, 11) is 0. The van der Waals surface area contributed by atoms with Crippen molar-refractivity contribution >= 4 is 0 Å². The number of ether oxygens (including phenoxy) is 1. The van der Waals surface area contributed by atoms with Crippen molar-refractivity contribution < 1.29 is 4.74 Å². The molecule has 1 heterocycles. The molecule has 0 aliphatic carbocycles. The second-order valence-corrected chi connectivity index (χ2v) is 3.27. The van der Waals surface area contributed by atoms with Crippen LogP contribution in [0.3, 0.4) is 0 Å². The normalized spacial score (nSPS) is 13.1. The van der Waals surface area contributed by atoms with Crippen molar-refractivity contribution in [2.75, 3.05) is 6.61 Å². The van der Waals surface area contributed by atoms with E-state index in [1.54, 1.807) is 12.4 Å². The summed E-state index contributed by atoms with van der Waals surface area (Å²) in [5.74, 6) is 5.41. The minimum Gasteiger partial charge on any atom is -0.377 e. The molecule has 0 bridgehead atoms. The summed E-state index contributed by atoms with van der Waals surface area (Å²) >= 11 is 0. The summed E-state index contributed by atoms with van der Waals surface area (Å²) in [5, 5.41) is 0. The Morgan fingerprint density at radius 3 is 2.57 bits per heavy atom. The van der Waals surface area contributed by atoms with Gasteiger partial charge in [0.2, 0.25) is 0 Å². The first-order valence-electron chi connectivity index (χ1n) is 4.56. The number of nitrogens with zero attached hydrogens (tertiary/aromatic N) is 2. The minimum atomic E-state index is -0.0569. The lowest BCUT2D eigenvalue weighted by Crippen LogP contribution is -2.32. The van der Waals surface area contributed by atoms with Crippen LogP contribution in [0.25, 0.3) is 0 Å². The standard InChI is InChI=1S/C9H16N4O/c1-7(2)14-5-9(13-10)8-3-11-6-12-4-8/h3-4,6-7,9,13H,5,10H2,1-2H3. The number of nitrogens with one attached hydrogen (secondary N) is 1. The molecule has 3 N–H and O–H groups in total. The van der Waals surface area contributed by atoms with Crippen LogP contribution in [0.15, 0.2) is 18.7 Å². The van der Waals surface area contributed by atoms with E-state index in [9.17, 15) is 0 Å². The Kier molecular flexibility index (Phi) is 4.45. The first-order valence-corrected chi connectivity index (χ1v) is 4.56. The molecule has 1 aromatic rings. The molecule has 1 rings (SSSR count). The summed E-state index contributed by atoms with van der Waals surface area (Å²) in [4.78, 5) is 7.84. The molecule has 1 aromatic heterocycles. The van der Waals surface area contributed by atoms with Gasteiger partial charge in [0.15, 0.2) is 0 Å². The van der Waals surface area contributed by atoms with Crippen molar-refractivity contribution in [2.24, 2.45) is 5.84 Å². The van der Waals surface area contributed by atoms with Gasteiger partial charge in [-0.25, -0.2) is 9.97 Å². The molecule has 1 atom stereocenters. The number of hydrogen-bond acceptors (Lipinski definition) is 5. The number of hydrogen-bond donors (Lipinski definition) is 2. The average molecular weight is 196 g/mol. The third-order valence-corrected chi connectivity index (χ3v) is 1.78. The van der Waals surface area contributed by atoms with Gasteiger partial charge in [-0.1, -0.05) is 0 Å². The molecular formula is C9H16N4O. The van der Waals surface area contributed by atoms with E-state index in [0.29, 0.717) is 6.61 Å². The molecule has 5 heteroatoms. The number of aromatic nitrogens is 2. The Hall–Kier alpha value is -1.04. The first-order chi connectivity index (χ1) is 6.74. The quantitative estimate of drug-likeness (QED) is 0.527. The zero-order chi connectivity index (χ0) is 10.4. The third kappa shape index (κ3) is 3.37. The topological polar surface area (TPSA) is 73.1 Å². The van der Waals surface area contributed by atoms with Gasteiger partial charge in [0.25, 0.3) is 0 Å². The van der Waals surface area contributed by atoms with Crippen LogP contribution in [0.1, 0.15) is 25.5 Å². The monoisotopic (exact) mass is 196 g/mol. The molecule has 1 unspecified atom stereocenters. The largest absolute Gasteiger partial charge is 0.377 e. The van der Waals surface area contributed by atoms with Crippen LogP contribution in [0.2, 0.25) is 0 Å². The van der Waals surface area contributed by atoms with E-state index in [-0.39, 0.29) is 12.1 Å². The van der Waals surface area contributed by atoms with Crippen molar-refractivity contribution in [1.29, 1.82) is 0 Å². The number of nitrogens with two attached hydrogens (primary N) is 1. The van der Waals surface area contributed by atoms with Crippen LogP contribution < -0.4 is 11.3 Å². The van der Waals surface area contributed by atoms with Gasteiger partial charge in [0.1, 0.15) is 6.33 Å². The lowest BCUT2D eigenvalue weighted by atomic mass is 10.2. The lowest BCUT2D eigenvalue weighted by molar-refractivity contribution is 0.0610. The molecule has 14 heavy (non-hydrogen) atoms. The molecular weight excluding hydrogens is 180 g/mol. The van der Waals surface area contributed by atoms with Gasteiger partial charge in [-0.2, -0.15) is 0 Å². The summed E-state index contributed by atoms with van der Waals surface area (Å²) < 4.78 is 5.45. The van der Waals surface area contributed by atoms with Gasteiger partial charge >= 0.3 is 0 Å². The number of rotatable bonds is 5. The van der Waals surface area contributed by atoms with E-state index in [1.165, 1.54) is 6.33 Å². The molecule has 0 spiro atoms. The smallest absolute Gasteiger partial charge is 0.115 e. The molecule has 5 nitrogen and oxygen atoms in total. The van der Waals surface area contributed by atoms with Gasteiger partial charge in [0.05, 0.1) is 18.8 Å². The molecule has 0 aliphatic rings. The molecule has 0 saturated carbocycles. The van der Waals surface area contributed by atoms with Crippen molar-refractivity contribution in [3.63, 3.8) is 0 Å². The third-order valence-electron chi connectivity index (χ3n) is 1.78. The highest BCUT2D eigenvalue weighted by molar-refractivity contribution is 5.08. The van der Waals surface area contributed by atoms with E-state index in [0.717, 1.165) is 5.56 Å². The van der Waals surface area contributed by atoms with Crippen LogP contribution in [-0.2, 0) is 4.74 Å². The SMILES string of the molecule is CC(C)OCC(NN)c1cncnc1. The summed E-state index contributed by atoms with van der Waals surface area (Å²) in [6, 6.07) is -0.0569. The highest BCUT2D eigenvalue weighted by atomic mass is 16.5. The second-order valence-electron chi connectivity index (χ2n) is 3.27. The van der Waals surface area contributed by atoms with Crippen molar-refractivity contribution in [3.05, 3.63) is 24.3 Å². The van der Waals surface area contributed by atoms with Crippen LogP contribution in [0.4, 0.5) is 0 Å². The average Bonchev–Trinajstić information content (AvgIpc) is 2.20. The zero-order valence-electron chi connectivity index (χ0n) is 8.47. The fourth-order valence-corrected chi connectivity index (χ4v) is 1.02. The maximum atomic E-state index is 5.45. The van der Waals surface area contributed by atoms with Crippen LogP contribution >= 0.6 is 0 Å². The predicted octanol–water partition coefficient (Wildman–Crippen LogP) is 0.406. The highest BCUT2D eigenvalue weighted by Gasteiger charge is 2.10. The van der Waals surface area contributed by atoms with E-state index >= 15 is 0 Å². The fourth-order valence-electron chi connectivity index (χ4n) is 1.02. The van der Waals surface area contributed by atoms with Gasteiger partial charge in [-0.3, -0.25) is 11.3 Å². The van der Waals surface area contributed by atoms with Crippen molar-refractivity contribution in [2.45, 2.75) is 26.0 Å². The molecule has 0 aliphatic heterocycles. The van der Waals surface area contributed by atoms with E-state index in [1.807, 2.05) is 13.8 Å². The Morgan fingerprint density at radius 1 is 1.43 bits per heavy atom. The molecule has 0 amide bonds. The summed E-state index contributed by atoms with van der Waals surface area (Å²) in [6.07, 6.45) is 5.12. The lowest BCUT2D eigenvalue weighted by Gasteiger charge is -2.17. The Labute approximate surface area is 83.7 Å². The predicted molar refractivity (Wildman–Crippen MR) is 53.2 cm³/mol. The van der Waals surface area contributed by atoms with Crippen LogP contribution in [0.5, 0.6) is 0 Å². The highest BCUT2D eigenvalue weighted by Crippen LogP contribution is 2.09. The molecule has 0 fully saturated rings. The maximum Gasteiger partial charge on any atom is 0.115 e. The van der Waals surface area contributed by atoms with E-state index in [4.69, 9.17) is 10.6 Å². The van der Waals surface area contributed by atoms with Gasteiger partial charge in [0, 0.05) is 18.0 Å². The minimum absolute atomic E-state index is 0.0569. The molecule has 0 radical (unpaired) electrons. The van der Waals surface area contributed by atoms with Crippen LogP contribution in [0, 0.1) is 0 Å². The van der Waals surface area contributed by atoms with Crippen molar-refractivity contribution in [1.82, 2.24) is 15.4 Å². The maximum absolute atomic E-state index is 5.45. The van der Waals surface area contributed by atoms with Gasteiger partial charge in [-0.15, -0.1) is 0 Å². The Bertz CT molecular complexity index is 252. The molecule has 78 valence electrons. The number of hydrazine groups is 1. The van der Waals surface area contributed by atoms with E-state index in [2.05, 4.69) is 15.4 Å². The van der Waals surface area contributed by atoms with E-state index < -0.39 is 0 Å². The molecule has 0 saturated heterocycles. The fraction of sp³-hybridized carbons (Fsp3) is 0.556. The summed E-state index contributed by atoms with van der Waals surface area (Å²) in [6.45, 7) is 4.48. The molecule has 0 aromatic carbocycles.